The van der Waals surface area contributed by atoms with Gasteiger partial charge >= 0.3 is 17.4 Å². The summed E-state index contributed by atoms with van der Waals surface area (Å²) in [6.45, 7) is 13.3. The predicted molar refractivity (Wildman–Crippen MR) is 191 cm³/mol. The minimum atomic E-state index is -7.22. The molecular weight excluding hydrogens is 914 g/mol. The fraction of sp³-hybridized carbons (Fsp3) is 0.179. The molecule has 0 N–H and O–H groups in total. The third-order valence-electron chi connectivity index (χ3n) is 8.49. The Kier molecular flexibility index (Phi) is 17.9. The molecule has 0 aliphatic rings. The summed E-state index contributed by atoms with van der Waals surface area (Å²) < 4.78 is 294. The second kappa shape index (κ2) is 21.0. The van der Waals surface area contributed by atoms with E-state index < -0.39 is 144 Å². The van der Waals surface area contributed by atoms with Gasteiger partial charge in [-0.15, -0.1) is 33.6 Å². The van der Waals surface area contributed by atoms with Crippen molar-refractivity contribution >= 4 is 51.0 Å². The average Bonchev–Trinajstić information content (AvgIpc) is 3.45. The van der Waals surface area contributed by atoms with Crippen molar-refractivity contribution in [3.8, 4) is 0 Å². The molecule has 336 valence electrons. The van der Waals surface area contributed by atoms with Crippen molar-refractivity contribution in [1.82, 2.24) is 0 Å². The van der Waals surface area contributed by atoms with E-state index in [0.717, 1.165) is 11.0 Å². The molecule has 0 spiro atoms. The Morgan fingerprint density at radius 2 is 0.603 bits per heavy atom. The molecule has 0 aromatic heterocycles. The number of hydrogen-bond donors (Lipinski definition) is 0. The van der Waals surface area contributed by atoms with Gasteiger partial charge in [0.1, 0.15) is 52.7 Å². The Morgan fingerprint density at radius 3 is 0.825 bits per heavy atom. The first-order chi connectivity index (χ1) is 28.8. The largest absolute Gasteiger partial charge is 3.00 e. The van der Waals surface area contributed by atoms with Crippen molar-refractivity contribution in [2.75, 3.05) is 0 Å². The summed E-state index contributed by atoms with van der Waals surface area (Å²) in [4.78, 5) is 4.56. The normalized spacial score (nSPS) is 11.6. The van der Waals surface area contributed by atoms with Gasteiger partial charge < -0.3 is 12.2 Å². The third kappa shape index (κ3) is 9.38. The van der Waals surface area contributed by atoms with Crippen molar-refractivity contribution < 1.29 is 87.8 Å². The van der Waals surface area contributed by atoms with Crippen LogP contribution in [-0.2, 0) is 0 Å². The Balaban J connectivity index is 0.000000639. The van der Waals surface area contributed by atoms with Crippen LogP contribution in [0.3, 0.4) is 0 Å². The van der Waals surface area contributed by atoms with E-state index in [4.69, 9.17) is 0 Å². The first-order valence-corrected chi connectivity index (χ1v) is 17.1. The molecule has 0 radical (unpaired) electrons. The Hall–Kier alpha value is -5.23. The van der Waals surface area contributed by atoms with E-state index in [2.05, 4.69) is 44.9 Å². The second-order valence-electron chi connectivity index (χ2n) is 12.9. The molecule has 2 nitrogen and oxygen atoms in total. The molecule has 63 heavy (non-hydrogen) atoms. The van der Waals surface area contributed by atoms with Crippen LogP contribution in [0.2, 0.25) is 0 Å². The number of halogens is 20. The van der Waals surface area contributed by atoms with Crippen molar-refractivity contribution in [3.05, 3.63) is 164 Å². The molecule has 0 fully saturated rings. The first-order valence-electron chi connectivity index (χ1n) is 17.1. The number of nitrogens with zero attached hydrogens (tertiary/aromatic N) is 2. The van der Waals surface area contributed by atoms with Crippen LogP contribution in [0.25, 0.3) is 5.32 Å². The number of benzene rings is 4. The van der Waals surface area contributed by atoms with Crippen LogP contribution in [0.5, 0.6) is 0 Å². The molecular formula is C39H24AlBF20N2. The third-order valence-corrected chi connectivity index (χ3v) is 8.49. The van der Waals surface area contributed by atoms with E-state index in [1.54, 1.807) is 6.92 Å². The van der Waals surface area contributed by atoms with E-state index in [1.165, 1.54) is 0 Å². The van der Waals surface area contributed by atoms with E-state index >= 15 is 35.1 Å². The summed E-state index contributed by atoms with van der Waals surface area (Å²) in [5, 5.41) is 5.53. The van der Waals surface area contributed by atoms with E-state index in [0.29, 0.717) is 12.1 Å². The van der Waals surface area contributed by atoms with Crippen LogP contribution in [0.1, 0.15) is 34.6 Å². The molecule has 5 aromatic rings. The fourth-order valence-corrected chi connectivity index (χ4v) is 6.18. The second-order valence-corrected chi connectivity index (χ2v) is 12.9. The van der Waals surface area contributed by atoms with Gasteiger partial charge in [-0.2, -0.15) is 6.92 Å². The molecule has 0 atom stereocenters. The van der Waals surface area contributed by atoms with E-state index in [9.17, 15) is 52.7 Å². The van der Waals surface area contributed by atoms with Crippen LogP contribution in [-0.4, -0.2) is 35.6 Å². The molecule has 0 saturated carbocycles. The van der Waals surface area contributed by atoms with Crippen molar-refractivity contribution in [2.24, 2.45) is 4.99 Å². The maximum Gasteiger partial charge on any atom is 3.00 e. The summed E-state index contributed by atoms with van der Waals surface area (Å²) in [5.74, 6) is -71.4. The zero-order valence-corrected chi connectivity index (χ0v) is 33.5. The minimum Gasteiger partial charge on any atom is -0.680 e. The monoisotopic (exact) mass is 938 g/mol. The molecule has 0 bridgehead atoms. The molecule has 24 heteroatoms. The smallest absolute Gasteiger partial charge is 0.680 e. The molecule has 5 aromatic carbocycles. The fourth-order valence-electron chi connectivity index (χ4n) is 6.18. The zero-order chi connectivity index (χ0) is 47.6. The van der Waals surface area contributed by atoms with Crippen molar-refractivity contribution in [2.45, 2.75) is 46.7 Å². The SMILES string of the molecule is CC(C)N=c1cccccc1[N-]C(C)C.Fc1c(F)c(F)c([B-](c2c(F)c(F)c(F)c(F)c2F)(c2c(F)c(F)c(F)c(F)c2F)c2c(F)c(F)c(F)c(F)c2F)c(F)c1F.[Al+3].[CH2-]C. The van der Waals surface area contributed by atoms with E-state index in [-0.39, 0.29) is 17.4 Å². The molecule has 0 aliphatic carbocycles. The van der Waals surface area contributed by atoms with E-state index in [1.807, 2.05) is 30.3 Å². The minimum absolute atomic E-state index is 0. The van der Waals surface area contributed by atoms with Crippen LogP contribution in [0.15, 0.2) is 35.3 Å². The summed E-state index contributed by atoms with van der Waals surface area (Å²) in [6.07, 6.45) is -7.22. The van der Waals surface area contributed by atoms with Gasteiger partial charge in [0.25, 0.3) is 0 Å². The van der Waals surface area contributed by atoms with Gasteiger partial charge in [-0.3, -0.25) is 4.99 Å². The molecule has 0 heterocycles. The number of hydrogen-bond acceptors (Lipinski definition) is 1. The molecule has 0 aliphatic heterocycles. The van der Waals surface area contributed by atoms with Gasteiger partial charge in [-0.25, -0.2) is 87.8 Å². The van der Waals surface area contributed by atoms with Gasteiger partial charge in [-0.05, 0) is 19.9 Å². The van der Waals surface area contributed by atoms with Crippen LogP contribution in [0, 0.1) is 123 Å². The zero-order valence-electron chi connectivity index (χ0n) is 32.4. The topological polar surface area (TPSA) is 26.5 Å². The van der Waals surface area contributed by atoms with Gasteiger partial charge in [0, 0.05) is 11.4 Å². The summed E-state index contributed by atoms with van der Waals surface area (Å²) in [5.41, 5.74) is -13.4. The average molecular weight is 938 g/mol. The van der Waals surface area contributed by atoms with Gasteiger partial charge in [0.05, 0.1) is 0 Å². The predicted octanol–water partition coefficient (Wildman–Crippen LogP) is 9.71. The summed E-state index contributed by atoms with van der Waals surface area (Å²) >= 11 is 0. The van der Waals surface area contributed by atoms with Crippen molar-refractivity contribution in [1.29, 1.82) is 0 Å². The number of rotatable bonds is 7. The van der Waals surface area contributed by atoms with Crippen LogP contribution in [0.4, 0.5) is 93.5 Å². The molecule has 0 saturated heterocycles. The maximum absolute atomic E-state index is 15.4. The van der Waals surface area contributed by atoms with Crippen molar-refractivity contribution in [3.63, 3.8) is 0 Å². The molecule has 5 rings (SSSR count). The Labute approximate surface area is 354 Å². The van der Waals surface area contributed by atoms with Gasteiger partial charge in [0.2, 0.25) is 0 Å². The summed E-state index contributed by atoms with van der Waals surface area (Å²) in [7, 11) is 0. The van der Waals surface area contributed by atoms with Gasteiger partial charge in [0.15, 0.2) is 69.8 Å². The van der Waals surface area contributed by atoms with Gasteiger partial charge in [-0.1, -0.05) is 38.1 Å². The molecule has 0 amide bonds. The van der Waals surface area contributed by atoms with Crippen LogP contribution >= 0.6 is 0 Å². The first kappa shape index (κ1) is 53.9. The van der Waals surface area contributed by atoms with Crippen LogP contribution < -0.4 is 27.2 Å². The Bertz CT molecular complexity index is 2220. The summed E-state index contributed by atoms with van der Waals surface area (Å²) in [6, 6.07) is 10.6. The standard InChI is InChI=1S/C24BF20.C13H19N2.C2H5.Al/c26-5-1(6(27)14(35)21(42)13(5)34)25(2-7(28)15(36)22(43)16(37)8(2)29,3-9(30)17(38)23(44)18(39)10(3)31)4-11(32)19(40)24(45)20(41)12(4)33;1-10(2)14-12-8-6-5-7-9-13(12)15-11(3)4;1-2;/h;5-11H,1-4H3;1H2,2H3;/q3*-1;+3. The molecule has 0 unspecified atom stereocenters. The Morgan fingerprint density at radius 1 is 0.381 bits per heavy atom. The maximum atomic E-state index is 15.4. The quantitative estimate of drug-likeness (QED) is 0.0512.